The maximum absolute atomic E-state index is 11.1. The maximum Gasteiger partial charge on any atom is 0.220 e. The zero-order valence-electron chi connectivity index (χ0n) is 8.42. The first-order valence-corrected chi connectivity index (χ1v) is 5.60. The summed E-state index contributed by atoms with van der Waals surface area (Å²) < 4.78 is 6.17. The number of carbonyl (C=O) groups is 1. The third kappa shape index (κ3) is 2.00. The van der Waals surface area contributed by atoms with Crippen LogP contribution in [0.4, 0.5) is 0 Å². The summed E-state index contributed by atoms with van der Waals surface area (Å²) in [7, 11) is 1.64. The molecule has 1 N–H and O–H groups in total. The van der Waals surface area contributed by atoms with Crippen molar-refractivity contribution in [2.24, 2.45) is 0 Å². The second-order valence-corrected chi connectivity index (χ2v) is 4.36. The molecule has 0 spiro atoms. The van der Waals surface area contributed by atoms with Crippen molar-refractivity contribution in [3.05, 3.63) is 28.2 Å². The van der Waals surface area contributed by atoms with Crippen molar-refractivity contribution < 1.29 is 9.53 Å². The molecule has 1 atom stereocenters. The van der Waals surface area contributed by atoms with E-state index in [0.29, 0.717) is 13.0 Å². The van der Waals surface area contributed by atoms with E-state index in [0.717, 1.165) is 15.8 Å². The average molecular weight is 270 g/mol. The molecule has 1 aromatic carbocycles. The molecule has 0 aliphatic carbocycles. The van der Waals surface area contributed by atoms with Crippen LogP contribution in [0.25, 0.3) is 0 Å². The highest BCUT2D eigenvalue weighted by molar-refractivity contribution is 9.10. The van der Waals surface area contributed by atoms with Gasteiger partial charge in [0.15, 0.2) is 0 Å². The van der Waals surface area contributed by atoms with E-state index in [1.165, 1.54) is 0 Å². The van der Waals surface area contributed by atoms with Gasteiger partial charge in [0.25, 0.3) is 0 Å². The second kappa shape index (κ2) is 4.23. The Bertz CT molecular complexity index is 392. The lowest BCUT2D eigenvalue weighted by Gasteiger charge is -2.12. The van der Waals surface area contributed by atoms with Crippen LogP contribution in [0.15, 0.2) is 22.7 Å². The van der Waals surface area contributed by atoms with Gasteiger partial charge in [0.2, 0.25) is 5.91 Å². The number of rotatable bonds is 2. The standard InChI is InChI=1S/C11H12BrNO2/c1-15-9-4-2-3-8(11(9)12)7-5-10(14)13-6-7/h2-4,7H,5-6H2,1H3,(H,13,14). The fourth-order valence-corrected chi connectivity index (χ4v) is 2.58. The van der Waals surface area contributed by atoms with Gasteiger partial charge < -0.3 is 10.1 Å². The van der Waals surface area contributed by atoms with Gasteiger partial charge in [-0.05, 0) is 27.6 Å². The number of benzene rings is 1. The van der Waals surface area contributed by atoms with E-state index in [1.54, 1.807) is 7.11 Å². The van der Waals surface area contributed by atoms with Gasteiger partial charge in [-0.15, -0.1) is 0 Å². The molecule has 1 heterocycles. The Morgan fingerprint density at radius 3 is 2.93 bits per heavy atom. The van der Waals surface area contributed by atoms with Gasteiger partial charge in [-0.2, -0.15) is 0 Å². The zero-order valence-corrected chi connectivity index (χ0v) is 10.0. The molecule has 1 unspecified atom stereocenters. The minimum Gasteiger partial charge on any atom is -0.496 e. The molecular formula is C11H12BrNO2. The van der Waals surface area contributed by atoms with Crippen LogP contribution in [0.2, 0.25) is 0 Å². The normalized spacial score (nSPS) is 20.1. The van der Waals surface area contributed by atoms with Crippen molar-refractivity contribution in [1.29, 1.82) is 0 Å². The SMILES string of the molecule is COc1cccc(C2CNC(=O)C2)c1Br. The molecule has 2 rings (SSSR count). The molecule has 4 heteroatoms. The Hall–Kier alpha value is -1.03. The highest BCUT2D eigenvalue weighted by Crippen LogP contribution is 2.35. The highest BCUT2D eigenvalue weighted by atomic mass is 79.9. The molecule has 1 fully saturated rings. The molecular weight excluding hydrogens is 258 g/mol. The minimum absolute atomic E-state index is 0.120. The molecule has 0 aromatic heterocycles. The Morgan fingerprint density at radius 1 is 1.53 bits per heavy atom. The smallest absolute Gasteiger partial charge is 0.220 e. The first-order valence-electron chi connectivity index (χ1n) is 4.81. The van der Waals surface area contributed by atoms with Crippen molar-refractivity contribution in [2.45, 2.75) is 12.3 Å². The fraction of sp³-hybridized carbons (Fsp3) is 0.364. The van der Waals surface area contributed by atoms with Crippen LogP contribution in [0.5, 0.6) is 5.75 Å². The Labute approximate surface area is 96.9 Å². The van der Waals surface area contributed by atoms with Gasteiger partial charge in [0.05, 0.1) is 11.6 Å². The first kappa shape index (κ1) is 10.5. The van der Waals surface area contributed by atoms with Crippen LogP contribution in [-0.4, -0.2) is 19.6 Å². The van der Waals surface area contributed by atoms with Crippen molar-refractivity contribution in [1.82, 2.24) is 5.32 Å². The number of methoxy groups -OCH3 is 1. The predicted molar refractivity (Wildman–Crippen MR) is 61.1 cm³/mol. The molecule has 1 amide bonds. The topological polar surface area (TPSA) is 38.3 Å². The third-order valence-corrected chi connectivity index (χ3v) is 3.48. The summed E-state index contributed by atoms with van der Waals surface area (Å²) in [5.41, 5.74) is 1.13. The van der Waals surface area contributed by atoms with Crippen LogP contribution >= 0.6 is 15.9 Å². The van der Waals surface area contributed by atoms with E-state index in [-0.39, 0.29) is 11.8 Å². The molecule has 0 saturated carbocycles. The quantitative estimate of drug-likeness (QED) is 0.893. The number of amides is 1. The minimum atomic E-state index is 0.120. The van der Waals surface area contributed by atoms with Gasteiger partial charge in [-0.25, -0.2) is 0 Å². The number of ether oxygens (including phenoxy) is 1. The third-order valence-electron chi connectivity index (χ3n) is 2.63. The van der Waals surface area contributed by atoms with Crippen molar-refractivity contribution in [2.75, 3.05) is 13.7 Å². The largest absolute Gasteiger partial charge is 0.496 e. The van der Waals surface area contributed by atoms with Gasteiger partial charge in [0, 0.05) is 18.9 Å². The number of nitrogens with one attached hydrogen (secondary N) is 1. The lowest BCUT2D eigenvalue weighted by Crippen LogP contribution is -2.13. The monoisotopic (exact) mass is 269 g/mol. The average Bonchev–Trinajstić information content (AvgIpc) is 2.65. The lowest BCUT2D eigenvalue weighted by atomic mass is 9.98. The number of carbonyl (C=O) groups excluding carboxylic acids is 1. The summed E-state index contributed by atoms with van der Waals surface area (Å²) in [5, 5.41) is 2.83. The summed E-state index contributed by atoms with van der Waals surface area (Å²) in [6.45, 7) is 0.713. The van der Waals surface area contributed by atoms with E-state index >= 15 is 0 Å². The molecule has 1 aromatic rings. The molecule has 1 aliphatic rings. The second-order valence-electron chi connectivity index (χ2n) is 3.57. The molecule has 15 heavy (non-hydrogen) atoms. The van der Waals surface area contributed by atoms with Crippen molar-refractivity contribution in [3.63, 3.8) is 0 Å². The van der Waals surface area contributed by atoms with E-state index in [1.807, 2.05) is 18.2 Å². The van der Waals surface area contributed by atoms with E-state index < -0.39 is 0 Å². The molecule has 0 radical (unpaired) electrons. The van der Waals surface area contributed by atoms with Crippen molar-refractivity contribution >= 4 is 21.8 Å². The van der Waals surface area contributed by atoms with E-state index in [9.17, 15) is 4.79 Å². The maximum atomic E-state index is 11.1. The first-order chi connectivity index (χ1) is 7.22. The summed E-state index contributed by atoms with van der Waals surface area (Å²) in [6.07, 6.45) is 0.561. The Morgan fingerprint density at radius 2 is 2.33 bits per heavy atom. The molecule has 1 saturated heterocycles. The Balaban J connectivity index is 2.32. The van der Waals surface area contributed by atoms with Gasteiger partial charge >= 0.3 is 0 Å². The summed E-state index contributed by atoms with van der Waals surface area (Å²) in [4.78, 5) is 11.1. The number of hydrogen-bond donors (Lipinski definition) is 1. The van der Waals surface area contributed by atoms with E-state index in [2.05, 4.69) is 21.2 Å². The van der Waals surface area contributed by atoms with Gasteiger partial charge in [-0.1, -0.05) is 12.1 Å². The fourth-order valence-electron chi connectivity index (χ4n) is 1.83. The molecule has 3 nitrogen and oxygen atoms in total. The summed E-state index contributed by atoms with van der Waals surface area (Å²) in [6, 6.07) is 5.87. The van der Waals surface area contributed by atoms with Gasteiger partial charge in [-0.3, -0.25) is 4.79 Å². The highest BCUT2D eigenvalue weighted by Gasteiger charge is 2.25. The predicted octanol–water partition coefficient (Wildman–Crippen LogP) is 2.06. The van der Waals surface area contributed by atoms with Gasteiger partial charge in [0.1, 0.15) is 5.75 Å². The van der Waals surface area contributed by atoms with Crippen LogP contribution in [0.3, 0.4) is 0 Å². The zero-order chi connectivity index (χ0) is 10.8. The summed E-state index contributed by atoms with van der Waals surface area (Å²) in [5.74, 6) is 1.18. The molecule has 80 valence electrons. The van der Waals surface area contributed by atoms with Crippen LogP contribution in [0, 0.1) is 0 Å². The van der Waals surface area contributed by atoms with Crippen molar-refractivity contribution in [3.8, 4) is 5.75 Å². The summed E-state index contributed by atoms with van der Waals surface area (Å²) >= 11 is 3.51. The van der Waals surface area contributed by atoms with Crippen LogP contribution in [0.1, 0.15) is 17.9 Å². The molecule has 1 aliphatic heterocycles. The lowest BCUT2D eigenvalue weighted by molar-refractivity contribution is -0.119. The Kier molecular flexibility index (Phi) is 2.95. The van der Waals surface area contributed by atoms with E-state index in [4.69, 9.17) is 4.74 Å². The van der Waals surface area contributed by atoms with Crippen LogP contribution in [-0.2, 0) is 4.79 Å². The van der Waals surface area contributed by atoms with Crippen LogP contribution < -0.4 is 10.1 Å². The number of hydrogen-bond acceptors (Lipinski definition) is 2. The number of halogens is 1. The molecule has 0 bridgehead atoms.